The van der Waals surface area contributed by atoms with E-state index in [-0.39, 0.29) is 5.56 Å². The number of hydrogen-bond acceptors (Lipinski definition) is 5. The topological polar surface area (TPSA) is 72.1 Å². The molecular formula is C23H20N2O3S. The van der Waals surface area contributed by atoms with Crippen molar-refractivity contribution in [2.24, 2.45) is 0 Å². The van der Waals surface area contributed by atoms with Crippen LogP contribution in [0.15, 0.2) is 59.4 Å². The van der Waals surface area contributed by atoms with Crippen LogP contribution in [0.1, 0.15) is 33.5 Å². The van der Waals surface area contributed by atoms with Gasteiger partial charge in [-0.25, -0.2) is 4.79 Å². The van der Waals surface area contributed by atoms with Crippen LogP contribution < -0.4 is 5.56 Å². The first-order valence-corrected chi connectivity index (χ1v) is 10.2. The summed E-state index contributed by atoms with van der Waals surface area (Å²) in [6, 6.07) is 18.4. The molecule has 0 atom stereocenters. The summed E-state index contributed by atoms with van der Waals surface area (Å²) >= 11 is 1.24. The smallest absolute Gasteiger partial charge is 0.348 e. The van der Waals surface area contributed by atoms with Crippen LogP contribution in [0.4, 0.5) is 0 Å². The van der Waals surface area contributed by atoms with Crippen molar-refractivity contribution in [3.8, 4) is 11.1 Å². The van der Waals surface area contributed by atoms with E-state index in [2.05, 4.69) is 34.2 Å². The summed E-state index contributed by atoms with van der Waals surface area (Å²) in [7, 11) is 0. The molecule has 29 heavy (non-hydrogen) atoms. The van der Waals surface area contributed by atoms with E-state index < -0.39 is 5.97 Å². The lowest BCUT2D eigenvalue weighted by atomic mass is 10.0. The molecule has 0 fully saturated rings. The standard InChI is InChI=1S/C23H20N2O3S/c1-3-28-23(27)20-14(2)19-21(26)24-18(25-22(19)29-20)13-15-9-11-17(12-10-15)16-7-5-4-6-8-16/h4-12H,3,13H2,1-2H3,(H,24,25,26). The Morgan fingerprint density at radius 3 is 2.45 bits per heavy atom. The summed E-state index contributed by atoms with van der Waals surface area (Å²) in [5.74, 6) is 0.170. The lowest BCUT2D eigenvalue weighted by Gasteiger charge is -2.05. The average Bonchev–Trinajstić information content (AvgIpc) is 3.06. The molecule has 4 rings (SSSR count). The monoisotopic (exact) mass is 404 g/mol. The third-order valence-corrected chi connectivity index (χ3v) is 5.94. The summed E-state index contributed by atoms with van der Waals surface area (Å²) in [5.41, 5.74) is 3.65. The number of esters is 1. The van der Waals surface area contributed by atoms with Gasteiger partial charge in [-0.15, -0.1) is 11.3 Å². The van der Waals surface area contributed by atoms with E-state index in [1.165, 1.54) is 11.3 Å². The molecule has 0 aliphatic rings. The first-order chi connectivity index (χ1) is 14.1. The molecule has 0 aliphatic heterocycles. The largest absolute Gasteiger partial charge is 0.462 e. The highest BCUT2D eigenvalue weighted by molar-refractivity contribution is 7.20. The third kappa shape index (κ3) is 3.84. The van der Waals surface area contributed by atoms with Crippen molar-refractivity contribution < 1.29 is 9.53 Å². The molecule has 4 aromatic rings. The van der Waals surface area contributed by atoms with E-state index >= 15 is 0 Å². The number of nitrogens with one attached hydrogen (secondary N) is 1. The lowest BCUT2D eigenvalue weighted by molar-refractivity contribution is 0.0531. The number of thiophene rings is 1. The molecule has 1 N–H and O–H groups in total. The second kappa shape index (κ2) is 8.01. The van der Waals surface area contributed by atoms with E-state index in [9.17, 15) is 9.59 Å². The number of aromatic amines is 1. The molecule has 2 aromatic heterocycles. The summed E-state index contributed by atoms with van der Waals surface area (Å²) in [4.78, 5) is 33.2. The van der Waals surface area contributed by atoms with Gasteiger partial charge in [-0.05, 0) is 36.1 Å². The predicted molar refractivity (Wildman–Crippen MR) is 116 cm³/mol. The SMILES string of the molecule is CCOC(=O)c1sc2[nH]c(Cc3ccc(-c4ccccc4)cc3)nc(=O)c2c1C. The Labute approximate surface area is 172 Å². The molecule has 0 amide bonds. The Bertz CT molecular complexity index is 1220. The van der Waals surface area contributed by atoms with Gasteiger partial charge < -0.3 is 9.72 Å². The third-order valence-electron chi connectivity index (χ3n) is 4.75. The minimum Gasteiger partial charge on any atom is -0.462 e. The first kappa shape index (κ1) is 19.1. The zero-order chi connectivity index (χ0) is 20.4. The molecule has 0 saturated carbocycles. The highest BCUT2D eigenvalue weighted by Gasteiger charge is 2.20. The first-order valence-electron chi connectivity index (χ1n) is 9.40. The zero-order valence-corrected chi connectivity index (χ0v) is 17.0. The van der Waals surface area contributed by atoms with Crippen molar-refractivity contribution in [2.45, 2.75) is 20.3 Å². The number of H-pyrrole nitrogens is 1. The Morgan fingerprint density at radius 1 is 1.07 bits per heavy atom. The number of aromatic nitrogens is 2. The Kier molecular flexibility index (Phi) is 5.27. The normalized spacial score (nSPS) is 11.0. The maximum Gasteiger partial charge on any atom is 0.348 e. The minimum absolute atomic E-state index is 0.295. The van der Waals surface area contributed by atoms with Crippen LogP contribution in [0, 0.1) is 6.92 Å². The summed E-state index contributed by atoms with van der Waals surface area (Å²) in [6.07, 6.45) is 0.506. The Hall–Kier alpha value is -3.25. The van der Waals surface area contributed by atoms with Crippen LogP contribution in [0.25, 0.3) is 21.3 Å². The summed E-state index contributed by atoms with van der Waals surface area (Å²) in [5, 5.41) is 0.459. The van der Waals surface area contributed by atoms with Crippen molar-refractivity contribution >= 4 is 27.5 Å². The molecule has 146 valence electrons. The van der Waals surface area contributed by atoms with Crippen LogP contribution in [0.2, 0.25) is 0 Å². The quantitative estimate of drug-likeness (QED) is 0.488. The average molecular weight is 404 g/mol. The van der Waals surface area contributed by atoms with Gasteiger partial charge in [0.1, 0.15) is 15.5 Å². The Balaban J connectivity index is 1.63. The Morgan fingerprint density at radius 2 is 1.76 bits per heavy atom. The minimum atomic E-state index is -0.406. The predicted octanol–water partition coefficient (Wildman–Crippen LogP) is 4.73. The molecule has 0 bridgehead atoms. The maximum atomic E-state index is 12.6. The highest BCUT2D eigenvalue weighted by Crippen LogP contribution is 2.28. The fourth-order valence-electron chi connectivity index (χ4n) is 3.31. The van der Waals surface area contributed by atoms with E-state index in [4.69, 9.17) is 4.74 Å². The molecule has 2 aromatic carbocycles. The number of nitrogens with zero attached hydrogens (tertiary/aromatic N) is 1. The van der Waals surface area contributed by atoms with Gasteiger partial charge >= 0.3 is 5.97 Å². The van der Waals surface area contributed by atoms with Crippen LogP contribution >= 0.6 is 11.3 Å². The highest BCUT2D eigenvalue weighted by atomic mass is 32.1. The van der Waals surface area contributed by atoms with Crippen molar-refractivity contribution in [1.82, 2.24) is 9.97 Å². The second-order valence-electron chi connectivity index (χ2n) is 6.71. The van der Waals surface area contributed by atoms with E-state index in [0.717, 1.165) is 16.7 Å². The van der Waals surface area contributed by atoms with Gasteiger partial charge in [-0.1, -0.05) is 54.6 Å². The number of benzene rings is 2. The van der Waals surface area contributed by atoms with E-state index in [1.54, 1.807) is 13.8 Å². The van der Waals surface area contributed by atoms with E-state index in [0.29, 0.717) is 39.5 Å². The number of ether oxygens (including phenoxy) is 1. The number of rotatable bonds is 5. The summed E-state index contributed by atoms with van der Waals surface area (Å²) < 4.78 is 5.09. The van der Waals surface area contributed by atoms with Crippen molar-refractivity contribution in [2.75, 3.05) is 6.61 Å². The molecule has 0 spiro atoms. The molecule has 0 unspecified atom stereocenters. The molecule has 0 saturated heterocycles. The number of carbonyl (C=O) groups excluding carboxylic acids is 1. The van der Waals surface area contributed by atoms with E-state index in [1.807, 2.05) is 30.3 Å². The van der Waals surface area contributed by atoms with Gasteiger partial charge in [0.25, 0.3) is 5.56 Å². The van der Waals surface area contributed by atoms with Gasteiger partial charge in [0, 0.05) is 6.42 Å². The van der Waals surface area contributed by atoms with Crippen molar-refractivity contribution in [3.05, 3.63) is 86.8 Å². The van der Waals surface area contributed by atoms with Crippen LogP contribution in [0.5, 0.6) is 0 Å². The molecule has 6 heteroatoms. The van der Waals surface area contributed by atoms with Crippen molar-refractivity contribution in [1.29, 1.82) is 0 Å². The second-order valence-corrected chi connectivity index (χ2v) is 7.73. The number of carbonyl (C=O) groups is 1. The van der Waals surface area contributed by atoms with Gasteiger partial charge in [-0.3, -0.25) is 4.79 Å². The van der Waals surface area contributed by atoms with Gasteiger partial charge in [-0.2, -0.15) is 4.98 Å². The summed E-state index contributed by atoms with van der Waals surface area (Å²) in [6.45, 7) is 3.81. The van der Waals surface area contributed by atoms with Gasteiger partial charge in [0.2, 0.25) is 0 Å². The molecule has 2 heterocycles. The van der Waals surface area contributed by atoms with Crippen LogP contribution in [-0.4, -0.2) is 22.5 Å². The number of fused-ring (bicyclic) bond motifs is 1. The van der Waals surface area contributed by atoms with Crippen LogP contribution in [-0.2, 0) is 11.2 Å². The van der Waals surface area contributed by atoms with Gasteiger partial charge in [0.05, 0.1) is 12.0 Å². The fraction of sp³-hybridized carbons (Fsp3) is 0.174. The zero-order valence-electron chi connectivity index (χ0n) is 16.2. The van der Waals surface area contributed by atoms with Gasteiger partial charge in [0.15, 0.2) is 0 Å². The molecule has 0 aliphatic carbocycles. The van der Waals surface area contributed by atoms with Crippen LogP contribution in [0.3, 0.4) is 0 Å². The fourth-order valence-corrected chi connectivity index (χ4v) is 4.42. The molecule has 5 nitrogen and oxygen atoms in total. The van der Waals surface area contributed by atoms with Crippen molar-refractivity contribution in [3.63, 3.8) is 0 Å². The molecular weight excluding hydrogens is 384 g/mol. The molecule has 0 radical (unpaired) electrons. The number of hydrogen-bond donors (Lipinski definition) is 1. The lowest BCUT2D eigenvalue weighted by Crippen LogP contribution is -2.12. The number of aryl methyl sites for hydroxylation is 1. The maximum absolute atomic E-state index is 12.6.